The van der Waals surface area contributed by atoms with Crippen molar-refractivity contribution in [1.82, 2.24) is 0 Å². The van der Waals surface area contributed by atoms with Crippen molar-refractivity contribution in [3.8, 4) is 0 Å². The number of para-hydroxylation sites is 3. The van der Waals surface area contributed by atoms with Crippen LogP contribution in [0.2, 0.25) is 0 Å². The van der Waals surface area contributed by atoms with Gasteiger partial charge in [0.15, 0.2) is 0 Å². The second kappa shape index (κ2) is 29.7. The van der Waals surface area contributed by atoms with Gasteiger partial charge in [0.25, 0.3) is 0 Å². The van der Waals surface area contributed by atoms with Gasteiger partial charge in [0.1, 0.15) is 0 Å². The Bertz CT molecular complexity index is 2290. The van der Waals surface area contributed by atoms with E-state index >= 15 is 0 Å². The van der Waals surface area contributed by atoms with Crippen LogP contribution in [0.15, 0.2) is 113 Å². The quantitative estimate of drug-likeness (QED) is 0.0276. The summed E-state index contributed by atoms with van der Waals surface area (Å²) in [5, 5.41) is 0. The number of nitrogens with zero attached hydrogens (tertiary/aromatic N) is 3. The number of aryl methyl sites for hydroxylation is 1. The van der Waals surface area contributed by atoms with Crippen LogP contribution in [-0.4, -0.2) is 62.1 Å². The molecule has 7 rings (SSSR count). The number of allylic oxidation sites excluding steroid dienone is 5. The van der Waals surface area contributed by atoms with Crippen LogP contribution >= 0.6 is 0 Å². The van der Waals surface area contributed by atoms with Crippen molar-refractivity contribution in [3.63, 3.8) is 0 Å². The van der Waals surface area contributed by atoms with Crippen LogP contribution in [0.1, 0.15) is 206 Å². The minimum atomic E-state index is -0.394. The second-order valence-corrected chi connectivity index (χ2v) is 27.6. The molecule has 2 aliphatic heterocycles. The molecule has 0 fully saturated rings. The van der Waals surface area contributed by atoms with Crippen molar-refractivity contribution in [1.29, 1.82) is 0 Å². The van der Waals surface area contributed by atoms with Crippen molar-refractivity contribution in [3.05, 3.63) is 117 Å². The van der Waals surface area contributed by atoms with Gasteiger partial charge in [-0.15, -0.1) is 0 Å². The van der Waals surface area contributed by atoms with Gasteiger partial charge < -0.3 is 0 Å². The number of hydrogen-bond acceptors (Lipinski definition) is 3. The summed E-state index contributed by atoms with van der Waals surface area (Å²) in [5.74, 6) is 1.16. The Balaban J connectivity index is 1.17. The molecule has 374 valence electrons. The molecule has 1 aromatic heterocycles. The average molecular weight is 1130 g/mol. The molecular weight excluding hydrogens is 1040 g/mol. The molecule has 0 spiro atoms. The summed E-state index contributed by atoms with van der Waals surface area (Å²) in [6, 6.07) is 27.7. The number of fused-ring (bicyclic) bond motifs is 3. The van der Waals surface area contributed by atoms with Crippen LogP contribution < -0.4 is 23.3 Å². The van der Waals surface area contributed by atoms with E-state index in [1.807, 2.05) is 0 Å². The molecule has 3 aliphatic rings. The zero-order valence-corrected chi connectivity index (χ0v) is 48.6. The van der Waals surface area contributed by atoms with Crippen molar-refractivity contribution in [2.75, 3.05) is 22.9 Å². The fourth-order valence-electron chi connectivity index (χ4n) is 10.6. The van der Waals surface area contributed by atoms with Gasteiger partial charge >= 0.3 is 442 Å². The SMILES string of the molecule is CCCCCCCCCCN1/C(=C\C=C2\CCCC(/C=C\c3[se]c4ccccc4[n+]3CCCCCCCCCC)=C2OC2(C)[Se]c3ccccc3N2CCCCCCCCCC)[Se]c2ccccc21. The molecule has 0 bridgehead atoms. The van der Waals surface area contributed by atoms with Crippen molar-refractivity contribution < 1.29 is 9.30 Å². The number of unbranched alkanes of at least 4 members (excludes halogenated alkanes) is 21. The van der Waals surface area contributed by atoms with E-state index in [1.165, 1.54) is 204 Å². The standard InChI is InChI=1S/C62H88N3OSe3/c1-5-8-11-14-17-20-23-32-48-63-53-38-26-29-41-56(53)67-59(63)46-44-51-36-35-37-52(45-47-60-64(54-39-27-30-42-57(54)68-60)49-33-24-21-18-15-12-9-6-2)61(51)66-62(4)65(55-40-28-31-43-58(55)69-62)50-34-25-22-19-16-13-10-7-3/h26-31,38-47H,5-25,32-37,48-50H2,1-4H3/q+1. The van der Waals surface area contributed by atoms with Crippen molar-refractivity contribution in [2.24, 2.45) is 0 Å². The van der Waals surface area contributed by atoms with E-state index < -0.39 is 4.62 Å². The van der Waals surface area contributed by atoms with Gasteiger partial charge in [-0.2, -0.15) is 0 Å². The molecule has 0 saturated heterocycles. The Hall–Kier alpha value is -2.75. The van der Waals surface area contributed by atoms with Gasteiger partial charge in [-0.1, -0.05) is 0 Å². The molecule has 1 unspecified atom stereocenters. The van der Waals surface area contributed by atoms with E-state index in [0.29, 0.717) is 29.5 Å². The zero-order chi connectivity index (χ0) is 47.9. The van der Waals surface area contributed by atoms with Crippen LogP contribution in [0, 0.1) is 0 Å². The molecule has 1 atom stereocenters. The monoisotopic (exact) mass is 1130 g/mol. The molecule has 0 radical (unpaired) electrons. The van der Waals surface area contributed by atoms with E-state index in [1.54, 1.807) is 0 Å². The number of rotatable bonds is 32. The maximum atomic E-state index is 7.80. The molecule has 69 heavy (non-hydrogen) atoms. The Labute approximate surface area is 439 Å². The third-order valence-corrected chi connectivity index (χ3v) is 21.9. The summed E-state index contributed by atoms with van der Waals surface area (Å²) in [7, 11) is 0. The van der Waals surface area contributed by atoms with Crippen LogP contribution in [0.4, 0.5) is 11.4 Å². The van der Waals surface area contributed by atoms with Gasteiger partial charge in [0, 0.05) is 0 Å². The van der Waals surface area contributed by atoms with Gasteiger partial charge in [-0.05, 0) is 0 Å². The number of hydrogen-bond donors (Lipinski definition) is 0. The number of ether oxygens (including phenoxy) is 1. The van der Waals surface area contributed by atoms with E-state index in [0.717, 1.165) is 44.7 Å². The first-order valence-electron chi connectivity index (χ1n) is 28.1. The molecule has 1 aliphatic carbocycles. The Morgan fingerprint density at radius 1 is 0.580 bits per heavy atom. The molecular formula is C62H88N3OSe3+. The summed E-state index contributed by atoms with van der Waals surface area (Å²) in [5.41, 5.74) is 7.04. The number of anilines is 2. The molecule has 4 nitrogen and oxygen atoms in total. The summed E-state index contributed by atoms with van der Waals surface area (Å²) >= 11 is 0.729. The van der Waals surface area contributed by atoms with Crippen LogP contribution in [0.5, 0.6) is 0 Å². The molecule has 7 heteroatoms. The fraction of sp³-hybridized carbons (Fsp3) is 0.565. The third kappa shape index (κ3) is 15.9. The number of benzene rings is 3. The summed E-state index contributed by atoms with van der Waals surface area (Å²) in [6.45, 7) is 12.6. The minimum absolute atomic E-state index is 0.146. The van der Waals surface area contributed by atoms with Crippen LogP contribution in [-0.2, 0) is 11.3 Å². The third-order valence-electron chi connectivity index (χ3n) is 14.5. The van der Waals surface area contributed by atoms with Crippen LogP contribution in [0.3, 0.4) is 0 Å². The topological polar surface area (TPSA) is 19.6 Å². The molecule has 3 aromatic carbocycles. The van der Waals surface area contributed by atoms with Crippen molar-refractivity contribution in [2.45, 2.75) is 212 Å². The molecule has 0 saturated carbocycles. The Morgan fingerprint density at radius 2 is 1.14 bits per heavy atom. The van der Waals surface area contributed by atoms with Gasteiger partial charge in [0.2, 0.25) is 0 Å². The molecule has 4 aromatic rings. The van der Waals surface area contributed by atoms with Gasteiger partial charge in [0.05, 0.1) is 0 Å². The predicted octanol–water partition coefficient (Wildman–Crippen LogP) is 15.2. The summed E-state index contributed by atoms with van der Waals surface area (Å²) in [4.78, 5) is 5.36. The first-order chi connectivity index (χ1) is 34.0. The van der Waals surface area contributed by atoms with Crippen molar-refractivity contribution >= 4 is 80.6 Å². The molecule has 0 N–H and O–H groups in total. The predicted molar refractivity (Wildman–Crippen MR) is 303 cm³/mol. The normalized spacial score (nSPS) is 18.2. The zero-order valence-electron chi connectivity index (χ0n) is 43.4. The van der Waals surface area contributed by atoms with E-state index in [2.05, 4.69) is 139 Å². The maximum absolute atomic E-state index is 7.80. The van der Waals surface area contributed by atoms with E-state index in [-0.39, 0.29) is 15.0 Å². The van der Waals surface area contributed by atoms with Gasteiger partial charge in [-0.3, -0.25) is 0 Å². The average Bonchev–Trinajstić information content (AvgIpc) is 4.00. The fourth-order valence-corrected chi connectivity index (χ4v) is 17.8. The second-order valence-electron chi connectivity index (χ2n) is 20.2. The number of aromatic nitrogens is 1. The molecule has 0 amide bonds. The first-order valence-corrected chi connectivity index (χ1v) is 33.2. The van der Waals surface area contributed by atoms with Gasteiger partial charge in [-0.25, -0.2) is 0 Å². The Kier molecular flexibility index (Phi) is 23.2. The van der Waals surface area contributed by atoms with E-state index in [9.17, 15) is 0 Å². The summed E-state index contributed by atoms with van der Waals surface area (Å²) in [6.07, 6.45) is 45.6. The Morgan fingerprint density at radius 3 is 1.83 bits per heavy atom. The van der Waals surface area contributed by atoms with E-state index in [4.69, 9.17) is 4.74 Å². The molecule has 3 heterocycles. The summed E-state index contributed by atoms with van der Waals surface area (Å²) < 4.78 is 17.6. The van der Waals surface area contributed by atoms with Crippen LogP contribution in [0.25, 0.3) is 15.9 Å². The first kappa shape index (κ1) is 54.0.